The van der Waals surface area contributed by atoms with Gasteiger partial charge in [0, 0.05) is 0 Å². The maximum Gasteiger partial charge on any atom is 0.293 e. The van der Waals surface area contributed by atoms with Crippen molar-refractivity contribution in [1.82, 2.24) is 19.7 Å². The largest absolute Gasteiger partial charge is 0.459 e. The van der Waals surface area contributed by atoms with Crippen LogP contribution in [-0.2, 0) is 6.54 Å². The maximum atomic E-state index is 12.3. The van der Waals surface area contributed by atoms with Gasteiger partial charge in [-0.2, -0.15) is 4.98 Å². The molecule has 0 bridgehead atoms. The van der Waals surface area contributed by atoms with Gasteiger partial charge in [0.1, 0.15) is 4.70 Å². The molecule has 4 rings (SSSR count). The lowest BCUT2D eigenvalue weighted by Gasteiger charge is -2.00. The van der Waals surface area contributed by atoms with Crippen molar-refractivity contribution in [3.63, 3.8) is 0 Å². The van der Waals surface area contributed by atoms with Crippen LogP contribution in [0.3, 0.4) is 0 Å². The minimum Gasteiger partial charge on any atom is -0.459 e. The molecular formula is C13H8N4O3S. The minimum absolute atomic E-state index is 0.112. The molecule has 0 unspecified atom stereocenters. The summed E-state index contributed by atoms with van der Waals surface area (Å²) in [6.07, 6.45) is 3.01. The summed E-state index contributed by atoms with van der Waals surface area (Å²) in [5, 5.41) is 5.69. The molecule has 4 aromatic rings. The van der Waals surface area contributed by atoms with Gasteiger partial charge in [-0.25, -0.2) is 4.98 Å². The summed E-state index contributed by atoms with van der Waals surface area (Å²) in [6.45, 7) is 0.198. The van der Waals surface area contributed by atoms with E-state index < -0.39 is 0 Å². The van der Waals surface area contributed by atoms with Gasteiger partial charge in [-0.15, -0.1) is 11.3 Å². The molecule has 0 fully saturated rings. The molecule has 0 N–H and O–H groups in total. The minimum atomic E-state index is -0.112. The number of thiophene rings is 1. The average Bonchev–Trinajstić information content (AvgIpc) is 3.21. The molecule has 0 saturated heterocycles. The molecule has 7 nitrogen and oxygen atoms in total. The topological polar surface area (TPSA) is 87.0 Å². The number of nitrogens with zero attached hydrogens (tertiary/aromatic N) is 4. The fourth-order valence-corrected chi connectivity index (χ4v) is 2.76. The van der Waals surface area contributed by atoms with E-state index in [0.717, 1.165) is 0 Å². The summed E-state index contributed by atoms with van der Waals surface area (Å²) in [5.41, 5.74) is 0.588. The summed E-state index contributed by atoms with van der Waals surface area (Å²) in [7, 11) is 0. The lowest BCUT2D eigenvalue weighted by Crippen LogP contribution is -2.20. The standard InChI is InChI=1S/C13H8N4O3S/c18-13-11-8(3-5-21-11)14-7-17(13)6-10-15-12(20-16-10)9-2-1-4-19-9/h1-5,7H,6H2. The van der Waals surface area contributed by atoms with Gasteiger partial charge in [0.15, 0.2) is 11.6 Å². The number of rotatable bonds is 3. The summed E-state index contributed by atoms with van der Waals surface area (Å²) in [5.74, 6) is 1.17. The van der Waals surface area contributed by atoms with Gasteiger partial charge in [-0.1, -0.05) is 5.16 Å². The predicted molar refractivity (Wildman–Crippen MR) is 75.0 cm³/mol. The molecule has 0 aromatic carbocycles. The molecule has 21 heavy (non-hydrogen) atoms. The van der Waals surface area contributed by atoms with Crippen molar-refractivity contribution in [1.29, 1.82) is 0 Å². The highest BCUT2D eigenvalue weighted by molar-refractivity contribution is 7.17. The first-order chi connectivity index (χ1) is 10.3. The number of hydrogen-bond donors (Lipinski definition) is 0. The zero-order chi connectivity index (χ0) is 14.2. The number of aromatic nitrogens is 4. The molecule has 0 spiro atoms. The molecule has 8 heteroatoms. The first-order valence-corrected chi connectivity index (χ1v) is 6.98. The highest BCUT2D eigenvalue weighted by atomic mass is 32.1. The Bertz CT molecular complexity index is 951. The first-order valence-electron chi connectivity index (χ1n) is 6.10. The Morgan fingerprint density at radius 3 is 3.14 bits per heavy atom. The third-order valence-electron chi connectivity index (χ3n) is 2.95. The van der Waals surface area contributed by atoms with Crippen molar-refractivity contribution in [3.8, 4) is 11.7 Å². The second-order valence-corrected chi connectivity index (χ2v) is 5.22. The van der Waals surface area contributed by atoms with Crippen molar-refractivity contribution in [2.24, 2.45) is 0 Å². The first kappa shape index (κ1) is 12.0. The number of hydrogen-bond acceptors (Lipinski definition) is 7. The second kappa shape index (κ2) is 4.67. The molecule has 0 radical (unpaired) electrons. The Balaban J connectivity index is 1.68. The van der Waals surface area contributed by atoms with Crippen LogP contribution in [0.2, 0.25) is 0 Å². The van der Waals surface area contributed by atoms with Crippen LogP contribution < -0.4 is 5.56 Å². The smallest absolute Gasteiger partial charge is 0.293 e. The van der Waals surface area contributed by atoms with Crippen LogP contribution in [0.5, 0.6) is 0 Å². The van der Waals surface area contributed by atoms with Crippen molar-refractivity contribution in [2.45, 2.75) is 6.54 Å². The predicted octanol–water partition coefficient (Wildman–Crippen LogP) is 2.15. The molecule has 0 atom stereocenters. The van der Waals surface area contributed by atoms with E-state index >= 15 is 0 Å². The zero-order valence-electron chi connectivity index (χ0n) is 10.6. The van der Waals surface area contributed by atoms with Gasteiger partial charge in [0.25, 0.3) is 11.4 Å². The molecule has 0 saturated carbocycles. The van der Waals surface area contributed by atoms with E-state index in [1.807, 2.05) is 11.4 Å². The summed E-state index contributed by atoms with van der Waals surface area (Å²) < 4.78 is 12.4. The van der Waals surface area contributed by atoms with E-state index in [4.69, 9.17) is 8.94 Å². The van der Waals surface area contributed by atoms with E-state index in [1.165, 1.54) is 28.5 Å². The quantitative estimate of drug-likeness (QED) is 0.576. The van der Waals surface area contributed by atoms with Crippen molar-refractivity contribution < 1.29 is 8.94 Å². The van der Waals surface area contributed by atoms with E-state index in [9.17, 15) is 4.79 Å². The Labute approximate surface area is 121 Å². The Hall–Kier alpha value is -2.74. The number of furan rings is 1. The normalized spacial score (nSPS) is 11.2. The summed E-state index contributed by atoms with van der Waals surface area (Å²) in [4.78, 5) is 20.7. The third kappa shape index (κ3) is 2.05. The molecule has 0 aliphatic carbocycles. The van der Waals surface area contributed by atoms with Crippen molar-refractivity contribution in [2.75, 3.05) is 0 Å². The van der Waals surface area contributed by atoms with Crippen LogP contribution in [0.25, 0.3) is 21.9 Å². The Kier molecular flexibility index (Phi) is 2.68. The number of fused-ring (bicyclic) bond motifs is 1. The molecule has 0 aliphatic heterocycles. The van der Waals surface area contributed by atoms with Gasteiger partial charge in [0.05, 0.1) is 24.7 Å². The maximum absolute atomic E-state index is 12.3. The van der Waals surface area contributed by atoms with Gasteiger partial charge in [0.2, 0.25) is 0 Å². The van der Waals surface area contributed by atoms with Crippen LogP contribution in [0, 0.1) is 0 Å². The molecule has 104 valence electrons. The SMILES string of the molecule is O=c1c2sccc2ncn1Cc1noc(-c2ccco2)n1. The molecule has 0 aliphatic rings. The van der Waals surface area contributed by atoms with Gasteiger partial charge in [-0.05, 0) is 23.6 Å². The lowest BCUT2D eigenvalue weighted by molar-refractivity contribution is 0.407. The Morgan fingerprint density at radius 2 is 2.29 bits per heavy atom. The van der Waals surface area contributed by atoms with Crippen LogP contribution in [0.1, 0.15) is 5.82 Å². The third-order valence-corrected chi connectivity index (χ3v) is 3.84. The van der Waals surface area contributed by atoms with Gasteiger partial charge in [-0.3, -0.25) is 9.36 Å². The second-order valence-electron chi connectivity index (χ2n) is 4.31. The van der Waals surface area contributed by atoms with E-state index in [0.29, 0.717) is 21.8 Å². The fraction of sp³-hybridized carbons (Fsp3) is 0.0769. The van der Waals surface area contributed by atoms with E-state index in [1.54, 1.807) is 12.1 Å². The fourth-order valence-electron chi connectivity index (χ4n) is 1.96. The molecule has 4 heterocycles. The lowest BCUT2D eigenvalue weighted by atomic mass is 10.4. The van der Waals surface area contributed by atoms with E-state index in [2.05, 4.69) is 15.1 Å². The van der Waals surface area contributed by atoms with Crippen molar-refractivity contribution in [3.05, 3.63) is 52.3 Å². The highest BCUT2D eigenvalue weighted by Gasteiger charge is 2.13. The van der Waals surface area contributed by atoms with Crippen molar-refractivity contribution >= 4 is 21.6 Å². The van der Waals surface area contributed by atoms with Crippen LogP contribution in [0.15, 0.2) is 49.9 Å². The van der Waals surface area contributed by atoms with E-state index in [-0.39, 0.29) is 18.0 Å². The monoisotopic (exact) mass is 300 g/mol. The summed E-state index contributed by atoms with van der Waals surface area (Å²) in [6, 6.07) is 5.27. The van der Waals surface area contributed by atoms with Gasteiger partial charge >= 0.3 is 0 Å². The van der Waals surface area contributed by atoms with Crippen LogP contribution in [-0.4, -0.2) is 19.7 Å². The molecule has 4 aromatic heterocycles. The van der Waals surface area contributed by atoms with Crippen LogP contribution >= 0.6 is 11.3 Å². The summed E-state index contributed by atoms with van der Waals surface area (Å²) >= 11 is 1.37. The highest BCUT2D eigenvalue weighted by Crippen LogP contribution is 2.17. The van der Waals surface area contributed by atoms with Crippen LogP contribution in [0.4, 0.5) is 0 Å². The van der Waals surface area contributed by atoms with Gasteiger partial charge < -0.3 is 8.94 Å². The Morgan fingerprint density at radius 1 is 1.33 bits per heavy atom. The molecular weight excluding hydrogens is 292 g/mol. The molecule has 0 amide bonds. The average molecular weight is 300 g/mol. The zero-order valence-corrected chi connectivity index (χ0v) is 11.4.